The fourth-order valence-corrected chi connectivity index (χ4v) is 2.70. The van der Waals surface area contributed by atoms with Crippen LogP contribution in [0.5, 0.6) is 0 Å². The number of hydrogen-bond donors (Lipinski definition) is 2. The van der Waals surface area contributed by atoms with Crippen molar-refractivity contribution in [2.45, 2.75) is 19.8 Å². The zero-order valence-corrected chi connectivity index (χ0v) is 15.4. The molecular weight excluding hydrogens is 384 g/mol. The summed E-state index contributed by atoms with van der Waals surface area (Å²) in [4.78, 5) is 35.6. The van der Waals surface area contributed by atoms with Crippen molar-refractivity contribution in [3.05, 3.63) is 64.1 Å². The van der Waals surface area contributed by atoms with E-state index in [1.165, 1.54) is 0 Å². The second-order valence-electron chi connectivity index (χ2n) is 5.57. The van der Waals surface area contributed by atoms with E-state index >= 15 is 0 Å². The van der Waals surface area contributed by atoms with Crippen LogP contribution in [-0.4, -0.2) is 24.1 Å². The fourth-order valence-electron chi connectivity index (χ4n) is 2.22. The van der Waals surface area contributed by atoms with Gasteiger partial charge < -0.3 is 10.6 Å². The lowest BCUT2D eigenvalue weighted by Gasteiger charge is -2.09. The van der Waals surface area contributed by atoms with Crippen molar-refractivity contribution in [1.29, 1.82) is 0 Å². The lowest BCUT2D eigenvalue weighted by Crippen LogP contribution is -2.33. The Kier molecular flexibility index (Phi) is 6.89. The van der Waals surface area contributed by atoms with E-state index in [-0.39, 0.29) is 37.0 Å². The van der Waals surface area contributed by atoms with Gasteiger partial charge in [0.1, 0.15) is 0 Å². The van der Waals surface area contributed by atoms with Crippen molar-refractivity contribution in [2.75, 3.05) is 11.9 Å². The molecule has 130 valence electrons. The lowest BCUT2D eigenvalue weighted by molar-refractivity contribution is -0.124. The molecule has 0 saturated heterocycles. The Morgan fingerprint density at radius 1 is 0.960 bits per heavy atom. The minimum atomic E-state index is -0.327. The number of hydrogen-bond acceptors (Lipinski definition) is 3. The molecule has 6 heteroatoms. The number of Topliss-reactive ketones (excluding diaryl/α,β-unsaturated/α-hetero) is 1. The number of ketones is 1. The Labute approximate surface area is 154 Å². The van der Waals surface area contributed by atoms with Gasteiger partial charge in [0.05, 0.1) is 6.54 Å². The maximum atomic E-state index is 11.9. The van der Waals surface area contributed by atoms with Gasteiger partial charge in [-0.2, -0.15) is 0 Å². The van der Waals surface area contributed by atoms with Crippen LogP contribution in [0.15, 0.2) is 53.0 Å². The van der Waals surface area contributed by atoms with E-state index in [4.69, 9.17) is 0 Å². The summed E-state index contributed by atoms with van der Waals surface area (Å²) in [5.74, 6) is -0.731. The van der Waals surface area contributed by atoms with Crippen LogP contribution in [0.25, 0.3) is 0 Å². The molecular formula is C19H19BrN2O3. The predicted octanol–water partition coefficient (Wildman–Crippen LogP) is 3.48. The molecule has 0 bridgehead atoms. The van der Waals surface area contributed by atoms with Crippen molar-refractivity contribution in [3.8, 4) is 0 Å². The standard InChI is InChI=1S/C19H19BrN2O3/c1-13-11-15(20)7-8-16(13)22-19(25)12-21-18(24)10-9-17(23)14-5-3-2-4-6-14/h2-8,11H,9-10,12H2,1H3,(H,21,24)(H,22,25). The van der Waals surface area contributed by atoms with E-state index in [0.29, 0.717) is 11.3 Å². The van der Waals surface area contributed by atoms with E-state index in [1.54, 1.807) is 30.3 Å². The van der Waals surface area contributed by atoms with Crippen molar-refractivity contribution >= 4 is 39.2 Å². The minimum absolute atomic E-state index is 0.0539. The number of rotatable bonds is 7. The number of carbonyl (C=O) groups is 3. The number of carbonyl (C=O) groups excluding carboxylic acids is 3. The molecule has 0 radical (unpaired) electrons. The van der Waals surface area contributed by atoms with Crippen LogP contribution in [0.3, 0.4) is 0 Å². The first-order chi connectivity index (χ1) is 12.0. The molecule has 0 heterocycles. The van der Waals surface area contributed by atoms with Crippen LogP contribution in [0, 0.1) is 6.92 Å². The van der Waals surface area contributed by atoms with Gasteiger partial charge in [0.15, 0.2) is 5.78 Å². The number of anilines is 1. The van der Waals surface area contributed by atoms with Gasteiger partial charge in [-0.25, -0.2) is 0 Å². The van der Waals surface area contributed by atoms with Gasteiger partial charge in [-0.15, -0.1) is 0 Å². The number of nitrogens with one attached hydrogen (secondary N) is 2. The first kappa shape index (κ1) is 18.9. The molecule has 0 saturated carbocycles. The topological polar surface area (TPSA) is 75.3 Å². The highest BCUT2D eigenvalue weighted by molar-refractivity contribution is 9.10. The molecule has 25 heavy (non-hydrogen) atoms. The molecule has 0 aromatic heterocycles. The van der Waals surface area contributed by atoms with Crippen LogP contribution >= 0.6 is 15.9 Å². The van der Waals surface area contributed by atoms with Crippen LogP contribution < -0.4 is 10.6 Å². The quantitative estimate of drug-likeness (QED) is 0.696. The van der Waals surface area contributed by atoms with Gasteiger partial charge in [-0.1, -0.05) is 46.3 Å². The van der Waals surface area contributed by atoms with Crippen LogP contribution in [-0.2, 0) is 9.59 Å². The molecule has 0 aliphatic heterocycles. The summed E-state index contributed by atoms with van der Waals surface area (Å²) in [7, 11) is 0. The maximum Gasteiger partial charge on any atom is 0.243 e. The molecule has 0 fully saturated rings. The van der Waals surface area contributed by atoms with Crippen molar-refractivity contribution in [3.63, 3.8) is 0 Å². The highest BCUT2D eigenvalue weighted by Gasteiger charge is 2.11. The molecule has 0 spiro atoms. The molecule has 0 atom stereocenters. The average Bonchev–Trinajstić information content (AvgIpc) is 2.61. The van der Waals surface area contributed by atoms with Gasteiger partial charge in [-0.3, -0.25) is 14.4 Å². The molecule has 2 rings (SSSR count). The Balaban J connectivity index is 1.74. The third-order valence-corrected chi connectivity index (χ3v) is 4.08. The van der Waals surface area contributed by atoms with Gasteiger partial charge in [0.2, 0.25) is 11.8 Å². The van der Waals surface area contributed by atoms with Crippen LogP contribution in [0.4, 0.5) is 5.69 Å². The fraction of sp³-hybridized carbons (Fsp3) is 0.211. The second-order valence-corrected chi connectivity index (χ2v) is 6.49. The minimum Gasteiger partial charge on any atom is -0.347 e. The van der Waals surface area contributed by atoms with E-state index < -0.39 is 0 Å². The summed E-state index contributed by atoms with van der Waals surface area (Å²) in [6.07, 6.45) is 0.168. The summed E-state index contributed by atoms with van der Waals surface area (Å²) in [6.45, 7) is 1.75. The Morgan fingerprint density at radius 2 is 1.68 bits per heavy atom. The van der Waals surface area contributed by atoms with E-state index in [0.717, 1.165) is 10.0 Å². The zero-order chi connectivity index (χ0) is 18.2. The molecule has 2 N–H and O–H groups in total. The molecule has 2 aromatic rings. The monoisotopic (exact) mass is 402 g/mol. The Hall–Kier alpha value is -2.47. The molecule has 0 unspecified atom stereocenters. The van der Waals surface area contributed by atoms with Crippen LogP contribution in [0.1, 0.15) is 28.8 Å². The lowest BCUT2D eigenvalue weighted by atomic mass is 10.1. The number of benzene rings is 2. The number of aryl methyl sites for hydroxylation is 1. The Bertz CT molecular complexity index is 775. The van der Waals surface area contributed by atoms with Crippen molar-refractivity contribution in [1.82, 2.24) is 5.32 Å². The number of amides is 2. The predicted molar refractivity (Wildman–Crippen MR) is 101 cm³/mol. The summed E-state index contributed by atoms with van der Waals surface area (Å²) in [5.41, 5.74) is 2.20. The SMILES string of the molecule is Cc1cc(Br)ccc1NC(=O)CNC(=O)CCC(=O)c1ccccc1. The molecule has 2 aromatic carbocycles. The summed E-state index contributed by atoms with van der Waals surface area (Å²) in [5, 5.41) is 5.27. The molecule has 0 aliphatic rings. The third-order valence-electron chi connectivity index (χ3n) is 3.58. The van der Waals surface area contributed by atoms with Crippen molar-refractivity contribution in [2.24, 2.45) is 0 Å². The first-order valence-electron chi connectivity index (χ1n) is 7.86. The average molecular weight is 403 g/mol. The number of halogens is 1. The molecule has 5 nitrogen and oxygen atoms in total. The first-order valence-corrected chi connectivity index (χ1v) is 8.66. The largest absolute Gasteiger partial charge is 0.347 e. The van der Waals surface area contributed by atoms with Gasteiger partial charge in [-0.05, 0) is 30.7 Å². The molecule has 2 amide bonds. The van der Waals surface area contributed by atoms with Gasteiger partial charge in [0, 0.05) is 28.6 Å². The van der Waals surface area contributed by atoms with Gasteiger partial charge >= 0.3 is 0 Å². The smallest absolute Gasteiger partial charge is 0.243 e. The van der Waals surface area contributed by atoms with Crippen LogP contribution in [0.2, 0.25) is 0 Å². The Morgan fingerprint density at radius 3 is 2.36 bits per heavy atom. The van der Waals surface area contributed by atoms with E-state index in [1.807, 2.05) is 25.1 Å². The van der Waals surface area contributed by atoms with Crippen molar-refractivity contribution < 1.29 is 14.4 Å². The highest BCUT2D eigenvalue weighted by atomic mass is 79.9. The van der Waals surface area contributed by atoms with E-state index in [9.17, 15) is 14.4 Å². The summed E-state index contributed by atoms with van der Waals surface area (Å²) in [6, 6.07) is 14.3. The highest BCUT2D eigenvalue weighted by Crippen LogP contribution is 2.19. The maximum absolute atomic E-state index is 11.9. The molecule has 0 aliphatic carbocycles. The normalized spacial score (nSPS) is 10.2. The zero-order valence-electron chi connectivity index (χ0n) is 13.8. The van der Waals surface area contributed by atoms with E-state index in [2.05, 4.69) is 26.6 Å². The van der Waals surface area contributed by atoms with Gasteiger partial charge in [0.25, 0.3) is 0 Å². The second kappa shape index (κ2) is 9.13. The summed E-state index contributed by atoms with van der Waals surface area (Å²) >= 11 is 3.36. The third kappa shape index (κ3) is 6.15. The summed E-state index contributed by atoms with van der Waals surface area (Å²) < 4.78 is 0.930.